The van der Waals surface area contributed by atoms with Crippen LogP contribution in [0.1, 0.15) is 37.4 Å². The summed E-state index contributed by atoms with van der Waals surface area (Å²) in [4.78, 5) is 19.0. The zero-order chi connectivity index (χ0) is 30.1. The molecule has 1 saturated heterocycles. The van der Waals surface area contributed by atoms with E-state index in [0.29, 0.717) is 35.4 Å². The van der Waals surface area contributed by atoms with Crippen LogP contribution in [0.15, 0.2) is 54.9 Å². The van der Waals surface area contributed by atoms with Gasteiger partial charge in [-0.25, -0.2) is 15.0 Å². The molecule has 0 spiro atoms. The van der Waals surface area contributed by atoms with E-state index in [1.807, 2.05) is 13.8 Å². The lowest BCUT2D eigenvalue weighted by Gasteiger charge is -2.35. The van der Waals surface area contributed by atoms with Crippen molar-refractivity contribution < 1.29 is 31.1 Å². The Bertz CT molecular complexity index is 1530. The van der Waals surface area contributed by atoms with E-state index in [1.165, 1.54) is 30.5 Å². The lowest BCUT2D eigenvalue weighted by molar-refractivity contribution is -0.141. The monoisotopic (exact) mass is 590 g/mol. The fraction of sp³-hybridized carbons (Fsp3) is 0.379. The van der Waals surface area contributed by atoms with Crippen molar-refractivity contribution in [2.45, 2.75) is 51.2 Å². The maximum Gasteiger partial charge on any atom is 0.433 e. The molecule has 0 aliphatic carbocycles. The molecule has 13 heteroatoms. The highest BCUT2D eigenvalue weighted by Gasteiger charge is 2.34. The molecule has 0 radical (unpaired) electrons. The van der Waals surface area contributed by atoms with E-state index in [4.69, 9.17) is 4.74 Å². The van der Waals surface area contributed by atoms with E-state index in [1.54, 1.807) is 6.07 Å². The summed E-state index contributed by atoms with van der Waals surface area (Å²) in [5.74, 6) is 0.738. The molecule has 7 nitrogen and oxygen atoms in total. The Kier molecular flexibility index (Phi) is 8.33. The van der Waals surface area contributed by atoms with E-state index in [9.17, 15) is 26.3 Å². The number of fused-ring (bicyclic) bond motifs is 1. The maximum absolute atomic E-state index is 13.7. The summed E-state index contributed by atoms with van der Waals surface area (Å²) in [6.45, 7) is 6.41. The van der Waals surface area contributed by atoms with Crippen molar-refractivity contribution in [3.63, 3.8) is 0 Å². The van der Waals surface area contributed by atoms with Gasteiger partial charge in [0.05, 0.1) is 40.9 Å². The fourth-order valence-corrected chi connectivity index (χ4v) is 5.10. The van der Waals surface area contributed by atoms with Crippen LogP contribution in [0.3, 0.4) is 0 Å². The van der Waals surface area contributed by atoms with Crippen molar-refractivity contribution >= 4 is 22.4 Å². The summed E-state index contributed by atoms with van der Waals surface area (Å²) in [7, 11) is 0. The number of aryl methyl sites for hydroxylation is 1. The molecule has 42 heavy (non-hydrogen) atoms. The third-order valence-electron chi connectivity index (χ3n) is 6.82. The predicted octanol–water partition coefficient (Wildman–Crippen LogP) is 6.91. The van der Waals surface area contributed by atoms with Gasteiger partial charge in [0, 0.05) is 36.7 Å². The minimum Gasteiger partial charge on any atom is -0.373 e. The molecule has 1 N–H and O–H groups in total. The number of hydrogen-bond acceptors (Lipinski definition) is 7. The number of ether oxygens (including phenoxy) is 1. The Balaban J connectivity index is 1.48. The Morgan fingerprint density at radius 1 is 0.929 bits per heavy atom. The highest BCUT2D eigenvalue weighted by Crippen LogP contribution is 2.37. The van der Waals surface area contributed by atoms with Crippen molar-refractivity contribution in [2.24, 2.45) is 0 Å². The standard InChI is InChI=1S/C29H28F6N6O/c1-17-15-41(16-18(2)42-17)12-4-6-25-39-23-13-19(26-22(28(30,31)32)5-3-11-36-26)7-9-21(23)27(40-25)38-20-8-10-24(37-14-20)29(33,34)35/h3,5,7-11,13-14,17-18H,4,6,12,15-16H2,1-2H3,(H,38,39,40). The number of morpholine rings is 1. The van der Waals surface area contributed by atoms with Crippen molar-refractivity contribution in [3.05, 3.63) is 71.9 Å². The second kappa shape index (κ2) is 11.8. The molecule has 0 amide bonds. The second-order valence-electron chi connectivity index (χ2n) is 10.3. The molecule has 3 aromatic heterocycles. The van der Waals surface area contributed by atoms with Crippen LogP contribution in [0.5, 0.6) is 0 Å². The third kappa shape index (κ3) is 6.96. The minimum absolute atomic E-state index is 0.116. The largest absolute Gasteiger partial charge is 0.433 e. The van der Waals surface area contributed by atoms with E-state index in [2.05, 4.69) is 30.2 Å². The molecular weight excluding hydrogens is 562 g/mol. The lowest BCUT2D eigenvalue weighted by atomic mass is 10.0. The summed E-state index contributed by atoms with van der Waals surface area (Å²) in [6, 6.07) is 8.86. The molecule has 2 atom stereocenters. The van der Waals surface area contributed by atoms with Gasteiger partial charge < -0.3 is 10.1 Å². The van der Waals surface area contributed by atoms with Crippen LogP contribution in [0, 0.1) is 0 Å². The molecule has 222 valence electrons. The summed E-state index contributed by atoms with van der Waals surface area (Å²) < 4.78 is 85.9. The Morgan fingerprint density at radius 3 is 2.36 bits per heavy atom. The van der Waals surface area contributed by atoms with Crippen LogP contribution in [0.4, 0.5) is 37.8 Å². The SMILES string of the molecule is CC1CN(CCCc2nc(Nc3ccc(C(F)(F)F)nc3)c3ccc(-c4ncccc4C(F)(F)F)cc3n2)CC(C)O1. The quantitative estimate of drug-likeness (QED) is 0.235. The van der Waals surface area contributed by atoms with Crippen LogP contribution in [-0.4, -0.2) is 56.7 Å². The fourth-order valence-electron chi connectivity index (χ4n) is 5.10. The summed E-state index contributed by atoms with van der Waals surface area (Å²) in [5.41, 5.74) is -1.29. The number of alkyl halides is 6. The Labute approximate surface area is 238 Å². The first-order valence-corrected chi connectivity index (χ1v) is 13.4. The minimum atomic E-state index is -4.60. The number of benzene rings is 1. The number of aromatic nitrogens is 4. The summed E-state index contributed by atoms with van der Waals surface area (Å²) in [5, 5.41) is 3.48. The topological polar surface area (TPSA) is 76.1 Å². The van der Waals surface area contributed by atoms with Gasteiger partial charge in [-0.3, -0.25) is 9.88 Å². The molecule has 1 aliphatic rings. The zero-order valence-electron chi connectivity index (χ0n) is 22.8. The molecular formula is C29H28F6N6O. The van der Waals surface area contributed by atoms with Crippen molar-refractivity contribution in [3.8, 4) is 11.3 Å². The number of nitrogens with zero attached hydrogens (tertiary/aromatic N) is 5. The number of halogens is 6. The molecule has 1 aliphatic heterocycles. The maximum atomic E-state index is 13.7. The number of anilines is 2. The van der Waals surface area contributed by atoms with E-state index in [-0.39, 0.29) is 29.2 Å². The number of pyridine rings is 2. The summed E-state index contributed by atoms with van der Waals surface area (Å²) in [6.07, 6.45) is -5.43. The molecule has 0 saturated carbocycles. The first kappa shape index (κ1) is 29.6. The summed E-state index contributed by atoms with van der Waals surface area (Å²) >= 11 is 0. The average Bonchev–Trinajstić information content (AvgIpc) is 2.91. The first-order valence-electron chi connectivity index (χ1n) is 13.4. The molecule has 4 heterocycles. The second-order valence-corrected chi connectivity index (χ2v) is 10.3. The van der Waals surface area contributed by atoms with Crippen molar-refractivity contribution in [2.75, 3.05) is 25.0 Å². The Morgan fingerprint density at radius 2 is 1.69 bits per heavy atom. The van der Waals surface area contributed by atoms with Gasteiger partial charge in [0.2, 0.25) is 0 Å². The van der Waals surface area contributed by atoms with E-state index < -0.39 is 23.6 Å². The Hall–Kier alpha value is -3.84. The van der Waals surface area contributed by atoms with Gasteiger partial charge in [0.15, 0.2) is 0 Å². The highest BCUT2D eigenvalue weighted by molar-refractivity contribution is 5.93. The van der Waals surface area contributed by atoms with Gasteiger partial charge in [-0.05, 0) is 63.2 Å². The number of hydrogen-bond donors (Lipinski definition) is 1. The van der Waals surface area contributed by atoms with Crippen LogP contribution >= 0.6 is 0 Å². The zero-order valence-corrected chi connectivity index (χ0v) is 22.8. The molecule has 2 unspecified atom stereocenters. The van der Waals surface area contributed by atoms with Gasteiger partial charge >= 0.3 is 12.4 Å². The van der Waals surface area contributed by atoms with Crippen LogP contribution in [0.25, 0.3) is 22.2 Å². The normalized spacial score (nSPS) is 18.4. The van der Waals surface area contributed by atoms with Gasteiger partial charge in [-0.1, -0.05) is 6.07 Å². The van der Waals surface area contributed by atoms with Gasteiger partial charge in [-0.2, -0.15) is 26.3 Å². The highest BCUT2D eigenvalue weighted by atomic mass is 19.4. The molecule has 1 aromatic carbocycles. The van der Waals surface area contributed by atoms with Crippen LogP contribution in [-0.2, 0) is 23.5 Å². The lowest BCUT2D eigenvalue weighted by Crippen LogP contribution is -2.45. The van der Waals surface area contributed by atoms with Gasteiger partial charge in [0.1, 0.15) is 17.3 Å². The predicted molar refractivity (Wildman–Crippen MR) is 145 cm³/mol. The van der Waals surface area contributed by atoms with Gasteiger partial charge in [-0.15, -0.1) is 0 Å². The van der Waals surface area contributed by atoms with Crippen molar-refractivity contribution in [1.29, 1.82) is 0 Å². The van der Waals surface area contributed by atoms with E-state index in [0.717, 1.165) is 38.0 Å². The van der Waals surface area contributed by atoms with Crippen LogP contribution < -0.4 is 5.32 Å². The number of nitrogens with one attached hydrogen (secondary N) is 1. The van der Waals surface area contributed by atoms with Crippen molar-refractivity contribution in [1.82, 2.24) is 24.8 Å². The van der Waals surface area contributed by atoms with Crippen LogP contribution in [0.2, 0.25) is 0 Å². The third-order valence-corrected chi connectivity index (χ3v) is 6.82. The average molecular weight is 591 g/mol. The smallest absolute Gasteiger partial charge is 0.373 e. The van der Waals surface area contributed by atoms with E-state index >= 15 is 0 Å². The molecule has 0 bridgehead atoms. The molecule has 4 aromatic rings. The number of rotatable bonds is 7. The molecule has 5 rings (SSSR count). The first-order chi connectivity index (χ1) is 19.9. The van der Waals surface area contributed by atoms with Gasteiger partial charge in [0.25, 0.3) is 0 Å². The molecule has 1 fully saturated rings.